The van der Waals surface area contributed by atoms with Crippen LogP contribution >= 0.6 is 0 Å². The summed E-state index contributed by atoms with van der Waals surface area (Å²) >= 11 is 0. The Morgan fingerprint density at radius 2 is 2.04 bits per heavy atom. The Labute approximate surface area is 152 Å². The predicted octanol–water partition coefficient (Wildman–Crippen LogP) is 3.71. The molecule has 2 N–H and O–H groups in total. The SMILES string of the molecule is COC(=O)[C@]1(C)CCC[C@@]2(C)[C@H]1CC=C(CO)[C@@H]2CC[C@H](O)C(C)C. The molecule has 0 saturated heterocycles. The Hall–Kier alpha value is -0.870. The molecule has 0 aromatic rings. The van der Waals surface area contributed by atoms with Crippen LogP contribution in [-0.4, -0.2) is 36.0 Å². The second kappa shape index (κ2) is 7.79. The first-order valence-electron chi connectivity index (χ1n) is 9.77. The summed E-state index contributed by atoms with van der Waals surface area (Å²) in [6.07, 6.45) is 7.16. The molecule has 1 fully saturated rings. The minimum atomic E-state index is -0.464. The number of carbonyl (C=O) groups excluding carboxylic acids is 1. The van der Waals surface area contributed by atoms with E-state index in [2.05, 4.69) is 19.9 Å². The lowest BCUT2D eigenvalue weighted by molar-refractivity contribution is -0.166. The molecule has 4 heteroatoms. The van der Waals surface area contributed by atoms with Crippen molar-refractivity contribution >= 4 is 5.97 Å². The van der Waals surface area contributed by atoms with E-state index in [1.54, 1.807) is 0 Å². The lowest BCUT2D eigenvalue weighted by atomic mass is 9.47. The zero-order chi connectivity index (χ0) is 18.8. The van der Waals surface area contributed by atoms with Gasteiger partial charge in [-0.2, -0.15) is 0 Å². The van der Waals surface area contributed by atoms with Crippen molar-refractivity contribution in [3.05, 3.63) is 11.6 Å². The Morgan fingerprint density at radius 3 is 2.60 bits per heavy atom. The van der Waals surface area contributed by atoms with E-state index in [0.717, 1.165) is 44.1 Å². The Bertz CT molecular complexity index is 512. The number of rotatable bonds is 6. The van der Waals surface area contributed by atoms with Crippen molar-refractivity contribution in [2.24, 2.45) is 28.6 Å². The number of aliphatic hydroxyl groups is 2. The van der Waals surface area contributed by atoms with Gasteiger partial charge in [0.05, 0.1) is 25.2 Å². The normalized spacial score (nSPS) is 36.6. The largest absolute Gasteiger partial charge is 0.469 e. The van der Waals surface area contributed by atoms with Gasteiger partial charge >= 0.3 is 5.97 Å². The lowest BCUT2D eigenvalue weighted by Crippen LogP contribution is -2.53. The van der Waals surface area contributed by atoms with Crippen LogP contribution in [0.2, 0.25) is 0 Å². The van der Waals surface area contributed by atoms with Gasteiger partial charge in [0, 0.05) is 0 Å². The van der Waals surface area contributed by atoms with E-state index >= 15 is 0 Å². The third kappa shape index (κ3) is 3.66. The molecule has 0 unspecified atom stereocenters. The minimum absolute atomic E-state index is 0.0370. The molecule has 2 aliphatic carbocycles. The molecule has 0 radical (unpaired) electrons. The van der Waals surface area contributed by atoms with E-state index < -0.39 is 5.41 Å². The van der Waals surface area contributed by atoms with Gasteiger partial charge in [0.25, 0.3) is 0 Å². The van der Waals surface area contributed by atoms with Crippen molar-refractivity contribution in [3.63, 3.8) is 0 Å². The predicted molar refractivity (Wildman–Crippen MR) is 98.9 cm³/mol. The quantitative estimate of drug-likeness (QED) is 0.565. The van der Waals surface area contributed by atoms with E-state index in [9.17, 15) is 15.0 Å². The van der Waals surface area contributed by atoms with Crippen LogP contribution in [0.3, 0.4) is 0 Å². The monoisotopic (exact) mass is 352 g/mol. The third-order valence-corrected chi connectivity index (χ3v) is 7.19. The average molecular weight is 353 g/mol. The summed E-state index contributed by atoms with van der Waals surface area (Å²) in [5, 5.41) is 20.2. The van der Waals surface area contributed by atoms with E-state index in [0.29, 0.717) is 0 Å². The van der Waals surface area contributed by atoms with Gasteiger partial charge in [-0.05, 0) is 67.8 Å². The molecule has 5 atom stereocenters. The number of carbonyl (C=O) groups is 1. The second-order valence-electron chi connectivity index (χ2n) is 8.94. The summed E-state index contributed by atoms with van der Waals surface area (Å²) in [4.78, 5) is 12.6. The average Bonchev–Trinajstić information content (AvgIpc) is 2.58. The molecule has 2 aliphatic rings. The second-order valence-corrected chi connectivity index (χ2v) is 8.94. The number of esters is 1. The summed E-state index contributed by atoms with van der Waals surface area (Å²) in [7, 11) is 1.48. The first-order chi connectivity index (χ1) is 11.7. The van der Waals surface area contributed by atoms with Crippen LogP contribution in [0.1, 0.15) is 66.2 Å². The Balaban J connectivity index is 2.32. The molecule has 144 valence electrons. The van der Waals surface area contributed by atoms with Crippen molar-refractivity contribution in [1.82, 2.24) is 0 Å². The number of methoxy groups -OCH3 is 1. The molecule has 4 nitrogen and oxygen atoms in total. The number of allylic oxidation sites excluding steroid dienone is 1. The highest BCUT2D eigenvalue weighted by Crippen LogP contribution is 2.61. The molecule has 0 amide bonds. The minimum Gasteiger partial charge on any atom is -0.469 e. The zero-order valence-corrected chi connectivity index (χ0v) is 16.5. The molecule has 0 aromatic carbocycles. The molecule has 0 aliphatic heterocycles. The van der Waals surface area contributed by atoms with E-state index in [1.165, 1.54) is 7.11 Å². The summed E-state index contributed by atoms with van der Waals surface area (Å²) < 4.78 is 5.16. The molecule has 0 spiro atoms. The third-order valence-electron chi connectivity index (χ3n) is 7.19. The van der Waals surface area contributed by atoms with Gasteiger partial charge in [0.15, 0.2) is 0 Å². The maximum Gasteiger partial charge on any atom is 0.311 e. The number of hydrogen-bond acceptors (Lipinski definition) is 4. The van der Waals surface area contributed by atoms with Crippen LogP contribution in [0.15, 0.2) is 11.6 Å². The highest BCUT2D eigenvalue weighted by Gasteiger charge is 2.57. The molecule has 25 heavy (non-hydrogen) atoms. The smallest absolute Gasteiger partial charge is 0.311 e. The van der Waals surface area contributed by atoms with Crippen LogP contribution in [0, 0.1) is 28.6 Å². The molecule has 2 rings (SSSR count). The molecule has 0 bridgehead atoms. The van der Waals surface area contributed by atoms with Crippen molar-refractivity contribution in [2.75, 3.05) is 13.7 Å². The van der Waals surface area contributed by atoms with Crippen LogP contribution in [0.5, 0.6) is 0 Å². The van der Waals surface area contributed by atoms with E-state index in [1.807, 2.05) is 13.8 Å². The van der Waals surface area contributed by atoms with Crippen LogP contribution in [-0.2, 0) is 9.53 Å². The first kappa shape index (κ1) is 20.4. The fraction of sp³-hybridized carbons (Fsp3) is 0.857. The highest BCUT2D eigenvalue weighted by molar-refractivity contribution is 5.77. The Morgan fingerprint density at radius 1 is 1.36 bits per heavy atom. The maximum absolute atomic E-state index is 12.6. The van der Waals surface area contributed by atoms with E-state index in [-0.39, 0.29) is 41.8 Å². The van der Waals surface area contributed by atoms with Crippen molar-refractivity contribution < 1.29 is 19.7 Å². The van der Waals surface area contributed by atoms with Crippen molar-refractivity contribution in [3.8, 4) is 0 Å². The maximum atomic E-state index is 12.6. The summed E-state index contributed by atoms with van der Waals surface area (Å²) in [5.41, 5.74) is 0.586. The topological polar surface area (TPSA) is 66.8 Å². The summed E-state index contributed by atoms with van der Waals surface area (Å²) in [6.45, 7) is 8.48. The van der Waals surface area contributed by atoms with Gasteiger partial charge in [0.2, 0.25) is 0 Å². The van der Waals surface area contributed by atoms with Gasteiger partial charge < -0.3 is 14.9 Å². The molecular weight excluding hydrogens is 316 g/mol. The molecule has 0 aromatic heterocycles. The number of aliphatic hydroxyl groups excluding tert-OH is 2. The highest BCUT2D eigenvalue weighted by atomic mass is 16.5. The van der Waals surface area contributed by atoms with Crippen LogP contribution < -0.4 is 0 Å². The van der Waals surface area contributed by atoms with Gasteiger partial charge in [-0.3, -0.25) is 4.79 Å². The first-order valence-corrected chi connectivity index (χ1v) is 9.77. The van der Waals surface area contributed by atoms with Gasteiger partial charge in [-0.1, -0.05) is 33.3 Å². The molecule has 0 heterocycles. The summed E-state index contributed by atoms with van der Waals surface area (Å²) in [6, 6.07) is 0. The van der Waals surface area contributed by atoms with Gasteiger partial charge in [0.1, 0.15) is 0 Å². The van der Waals surface area contributed by atoms with Gasteiger partial charge in [-0.15, -0.1) is 0 Å². The van der Waals surface area contributed by atoms with Crippen molar-refractivity contribution in [2.45, 2.75) is 72.3 Å². The fourth-order valence-corrected chi connectivity index (χ4v) is 5.53. The lowest BCUT2D eigenvalue weighted by Gasteiger charge is -2.56. The zero-order valence-electron chi connectivity index (χ0n) is 16.5. The van der Waals surface area contributed by atoms with E-state index in [4.69, 9.17) is 4.74 Å². The fourth-order valence-electron chi connectivity index (χ4n) is 5.53. The molecular formula is C21H36O4. The Kier molecular flexibility index (Phi) is 6.37. The van der Waals surface area contributed by atoms with Crippen LogP contribution in [0.4, 0.5) is 0 Å². The van der Waals surface area contributed by atoms with Crippen molar-refractivity contribution in [1.29, 1.82) is 0 Å². The van der Waals surface area contributed by atoms with Crippen LogP contribution in [0.25, 0.3) is 0 Å². The molecule has 1 saturated carbocycles. The number of hydrogen-bond donors (Lipinski definition) is 2. The number of ether oxygens (including phenoxy) is 1. The number of fused-ring (bicyclic) bond motifs is 1. The standard InChI is InChI=1S/C21H36O4/c1-14(2)17(23)9-8-16-15(13-22)7-10-18-20(16,3)11-6-12-21(18,4)19(24)25-5/h7,14,16-18,22-23H,6,8-13H2,1-5H3/t16-,17-,18+,20+,21+/m0/s1. The summed E-state index contributed by atoms with van der Waals surface area (Å²) in [5.74, 6) is 0.567. The van der Waals surface area contributed by atoms with Gasteiger partial charge in [-0.25, -0.2) is 0 Å².